The molecule has 1 aromatic heterocycles. The number of rotatable bonds is 6. The molecule has 4 heteroatoms. The van der Waals surface area contributed by atoms with Gasteiger partial charge in [0.25, 0.3) is 0 Å². The number of aromatic nitrogens is 2. The first-order valence-corrected chi connectivity index (χ1v) is 7.67. The predicted octanol–water partition coefficient (Wildman–Crippen LogP) is 3.49. The fourth-order valence-electron chi connectivity index (χ4n) is 1.95. The Kier molecular flexibility index (Phi) is 4.81. The normalized spacial score (nSPS) is 10.8. The molecular weight excluding hydrogens is 242 g/mol. The molecule has 0 radical (unpaired) electrons. The summed E-state index contributed by atoms with van der Waals surface area (Å²) in [6, 6.07) is 8.28. The zero-order valence-corrected chi connectivity index (χ0v) is 11.8. The van der Waals surface area contributed by atoms with Crippen molar-refractivity contribution >= 4 is 28.4 Å². The molecule has 0 saturated heterocycles. The van der Waals surface area contributed by atoms with Crippen molar-refractivity contribution in [3.63, 3.8) is 0 Å². The van der Waals surface area contributed by atoms with E-state index in [1.807, 2.05) is 30.8 Å². The standard InChI is InChI=1S/C14H19N3S/c1-11-12-7-3-4-8-13(12)14(17-16-11)15-9-5-6-10-18-2/h3-4,7-8H,5-6,9-10H2,1-2H3,(H,15,17). The Bertz CT molecular complexity index is 513. The molecule has 96 valence electrons. The Labute approximate surface area is 112 Å². The molecule has 0 bridgehead atoms. The van der Waals surface area contributed by atoms with E-state index in [0.29, 0.717) is 0 Å². The summed E-state index contributed by atoms with van der Waals surface area (Å²) < 4.78 is 0. The van der Waals surface area contributed by atoms with E-state index in [0.717, 1.165) is 23.4 Å². The molecule has 1 N–H and O–H groups in total. The third-order valence-corrected chi connectivity index (χ3v) is 3.64. The quantitative estimate of drug-likeness (QED) is 0.808. The SMILES string of the molecule is CSCCCCNc1nnc(C)c2ccccc12. The third kappa shape index (κ3) is 3.13. The van der Waals surface area contributed by atoms with E-state index >= 15 is 0 Å². The van der Waals surface area contributed by atoms with Gasteiger partial charge in [0, 0.05) is 17.3 Å². The van der Waals surface area contributed by atoms with Gasteiger partial charge in [-0.2, -0.15) is 16.9 Å². The van der Waals surface area contributed by atoms with Crippen LogP contribution in [-0.4, -0.2) is 28.8 Å². The van der Waals surface area contributed by atoms with Crippen LogP contribution in [0.5, 0.6) is 0 Å². The van der Waals surface area contributed by atoms with Crippen molar-refractivity contribution in [1.82, 2.24) is 10.2 Å². The summed E-state index contributed by atoms with van der Waals surface area (Å²) in [5, 5.41) is 14.2. The zero-order chi connectivity index (χ0) is 12.8. The first-order valence-electron chi connectivity index (χ1n) is 6.28. The summed E-state index contributed by atoms with van der Waals surface area (Å²) in [6.45, 7) is 2.96. The van der Waals surface area contributed by atoms with Crippen LogP contribution in [0.3, 0.4) is 0 Å². The van der Waals surface area contributed by atoms with Crippen LogP contribution < -0.4 is 5.32 Å². The van der Waals surface area contributed by atoms with Crippen molar-refractivity contribution in [1.29, 1.82) is 0 Å². The Morgan fingerprint density at radius 1 is 1.11 bits per heavy atom. The summed E-state index contributed by atoms with van der Waals surface area (Å²) in [4.78, 5) is 0. The topological polar surface area (TPSA) is 37.8 Å². The van der Waals surface area contributed by atoms with Crippen LogP contribution in [0.25, 0.3) is 10.8 Å². The number of benzene rings is 1. The predicted molar refractivity (Wildman–Crippen MR) is 80.4 cm³/mol. The van der Waals surface area contributed by atoms with Gasteiger partial charge in [-0.05, 0) is 31.8 Å². The highest BCUT2D eigenvalue weighted by Gasteiger charge is 2.04. The number of thioether (sulfide) groups is 1. The molecule has 0 spiro atoms. The van der Waals surface area contributed by atoms with Gasteiger partial charge in [-0.3, -0.25) is 0 Å². The first-order chi connectivity index (χ1) is 8.83. The van der Waals surface area contributed by atoms with Crippen LogP contribution in [0, 0.1) is 6.92 Å². The van der Waals surface area contributed by atoms with E-state index in [1.54, 1.807) is 0 Å². The highest BCUT2D eigenvalue weighted by atomic mass is 32.2. The molecule has 1 aromatic carbocycles. The fraction of sp³-hybridized carbons (Fsp3) is 0.429. The van der Waals surface area contributed by atoms with E-state index < -0.39 is 0 Å². The summed E-state index contributed by atoms with van der Waals surface area (Å²) in [7, 11) is 0. The lowest BCUT2D eigenvalue weighted by molar-refractivity contribution is 0.836. The van der Waals surface area contributed by atoms with E-state index in [1.165, 1.54) is 24.0 Å². The zero-order valence-electron chi connectivity index (χ0n) is 10.9. The molecule has 1 heterocycles. The summed E-state index contributed by atoms with van der Waals surface area (Å²) in [5.41, 5.74) is 0.985. The molecule has 0 unspecified atom stereocenters. The second kappa shape index (κ2) is 6.59. The molecule has 0 amide bonds. The molecule has 0 aliphatic heterocycles. The molecule has 2 aromatic rings. The van der Waals surface area contributed by atoms with E-state index in [9.17, 15) is 0 Å². The van der Waals surface area contributed by atoms with E-state index in [4.69, 9.17) is 0 Å². The fourth-order valence-corrected chi connectivity index (χ4v) is 2.44. The van der Waals surface area contributed by atoms with Crippen molar-refractivity contribution in [2.75, 3.05) is 23.9 Å². The number of aryl methyl sites for hydroxylation is 1. The van der Waals surface area contributed by atoms with Gasteiger partial charge in [0.2, 0.25) is 0 Å². The van der Waals surface area contributed by atoms with Gasteiger partial charge >= 0.3 is 0 Å². The van der Waals surface area contributed by atoms with Gasteiger partial charge in [-0.15, -0.1) is 5.10 Å². The average Bonchev–Trinajstić information content (AvgIpc) is 2.41. The van der Waals surface area contributed by atoms with E-state index in [2.05, 4.69) is 33.9 Å². The lowest BCUT2D eigenvalue weighted by Crippen LogP contribution is -2.06. The van der Waals surface area contributed by atoms with Crippen molar-refractivity contribution in [3.05, 3.63) is 30.0 Å². The van der Waals surface area contributed by atoms with Crippen molar-refractivity contribution in [2.45, 2.75) is 19.8 Å². The Balaban J connectivity index is 2.07. The van der Waals surface area contributed by atoms with Crippen LogP contribution >= 0.6 is 11.8 Å². The van der Waals surface area contributed by atoms with Gasteiger partial charge in [0.15, 0.2) is 5.82 Å². The van der Waals surface area contributed by atoms with Gasteiger partial charge in [-0.1, -0.05) is 24.3 Å². The summed E-state index contributed by atoms with van der Waals surface area (Å²) in [6.07, 6.45) is 4.56. The smallest absolute Gasteiger partial charge is 0.156 e. The minimum absolute atomic E-state index is 0.903. The Morgan fingerprint density at radius 2 is 1.89 bits per heavy atom. The van der Waals surface area contributed by atoms with Crippen molar-refractivity contribution in [3.8, 4) is 0 Å². The molecule has 3 nitrogen and oxygen atoms in total. The minimum Gasteiger partial charge on any atom is -0.368 e. The highest BCUT2D eigenvalue weighted by Crippen LogP contribution is 2.22. The largest absolute Gasteiger partial charge is 0.368 e. The van der Waals surface area contributed by atoms with Gasteiger partial charge < -0.3 is 5.32 Å². The number of hydrogen-bond donors (Lipinski definition) is 1. The number of unbranched alkanes of at least 4 members (excludes halogenated alkanes) is 1. The van der Waals surface area contributed by atoms with Crippen LogP contribution in [-0.2, 0) is 0 Å². The molecule has 0 saturated carbocycles. The van der Waals surface area contributed by atoms with Gasteiger partial charge in [0.1, 0.15) is 0 Å². The monoisotopic (exact) mass is 261 g/mol. The number of anilines is 1. The van der Waals surface area contributed by atoms with Crippen LogP contribution in [0.1, 0.15) is 18.5 Å². The maximum Gasteiger partial charge on any atom is 0.156 e. The second-order valence-corrected chi connectivity index (χ2v) is 5.29. The molecule has 0 fully saturated rings. The molecule has 0 aliphatic rings. The summed E-state index contributed by atoms with van der Waals surface area (Å²) >= 11 is 1.90. The number of nitrogens with one attached hydrogen (secondary N) is 1. The van der Waals surface area contributed by atoms with Crippen LogP contribution in [0.15, 0.2) is 24.3 Å². The maximum atomic E-state index is 4.26. The molecule has 0 atom stereocenters. The van der Waals surface area contributed by atoms with Crippen molar-refractivity contribution < 1.29 is 0 Å². The van der Waals surface area contributed by atoms with Gasteiger partial charge in [0.05, 0.1) is 5.69 Å². The molecule has 2 rings (SSSR count). The minimum atomic E-state index is 0.903. The maximum absolute atomic E-state index is 4.26. The number of hydrogen-bond acceptors (Lipinski definition) is 4. The third-order valence-electron chi connectivity index (χ3n) is 2.94. The number of nitrogens with zero attached hydrogens (tertiary/aromatic N) is 2. The lowest BCUT2D eigenvalue weighted by Gasteiger charge is -2.09. The summed E-state index contributed by atoms with van der Waals surface area (Å²) in [5.74, 6) is 2.13. The molecule has 18 heavy (non-hydrogen) atoms. The Hall–Kier alpha value is -1.29. The van der Waals surface area contributed by atoms with E-state index in [-0.39, 0.29) is 0 Å². The first kappa shape index (κ1) is 13.1. The Morgan fingerprint density at radius 3 is 2.67 bits per heavy atom. The van der Waals surface area contributed by atoms with Crippen LogP contribution in [0.2, 0.25) is 0 Å². The lowest BCUT2D eigenvalue weighted by atomic mass is 10.1. The van der Waals surface area contributed by atoms with Crippen molar-refractivity contribution in [2.24, 2.45) is 0 Å². The van der Waals surface area contributed by atoms with Gasteiger partial charge in [-0.25, -0.2) is 0 Å². The second-order valence-electron chi connectivity index (χ2n) is 4.31. The van der Waals surface area contributed by atoms with Crippen LogP contribution in [0.4, 0.5) is 5.82 Å². The molecular formula is C14H19N3S. The highest BCUT2D eigenvalue weighted by molar-refractivity contribution is 7.98. The molecule has 0 aliphatic carbocycles. The average molecular weight is 261 g/mol. The number of fused-ring (bicyclic) bond motifs is 1.